The van der Waals surface area contributed by atoms with Crippen LogP contribution in [-0.2, 0) is 4.74 Å². The lowest BCUT2D eigenvalue weighted by Gasteiger charge is -2.25. The first-order valence-corrected chi connectivity index (χ1v) is 3.27. The van der Waals surface area contributed by atoms with Gasteiger partial charge in [-0.3, -0.25) is 0 Å². The third-order valence-corrected chi connectivity index (χ3v) is 1.29. The molecule has 11 heavy (non-hydrogen) atoms. The molecule has 0 aliphatic rings. The number of methoxy groups -OCH3 is 1. The van der Waals surface area contributed by atoms with Crippen molar-refractivity contribution in [2.75, 3.05) is 20.3 Å². The minimum absolute atomic E-state index is 0.0869. The van der Waals surface area contributed by atoms with Crippen LogP contribution in [0.5, 0.6) is 0 Å². The number of aliphatic hydroxyl groups excluding tert-OH is 2. The predicted molar refractivity (Wildman–Crippen MR) is 36.8 cm³/mol. The zero-order valence-corrected chi connectivity index (χ0v) is 6.40. The molecule has 68 valence electrons. The maximum atomic E-state index is 8.98. The lowest BCUT2D eigenvalue weighted by molar-refractivity contribution is -0.249. The average molecular weight is 166 g/mol. The van der Waals surface area contributed by atoms with Crippen molar-refractivity contribution in [3.8, 4) is 0 Å². The zero-order valence-electron chi connectivity index (χ0n) is 6.40. The van der Waals surface area contributed by atoms with Crippen LogP contribution in [0.2, 0.25) is 0 Å². The minimum atomic E-state index is -2.27. The normalized spacial score (nSPS) is 15.0. The van der Waals surface area contributed by atoms with E-state index >= 15 is 0 Å². The van der Waals surface area contributed by atoms with Gasteiger partial charge in [0, 0.05) is 20.1 Å². The van der Waals surface area contributed by atoms with Crippen LogP contribution in [0.25, 0.3) is 0 Å². The van der Waals surface area contributed by atoms with E-state index in [4.69, 9.17) is 20.4 Å². The van der Waals surface area contributed by atoms with Crippen LogP contribution in [-0.4, -0.2) is 52.6 Å². The third kappa shape index (κ3) is 3.64. The lowest BCUT2D eigenvalue weighted by atomic mass is 10.1. The Hall–Kier alpha value is -0.200. The van der Waals surface area contributed by atoms with Crippen LogP contribution in [0.1, 0.15) is 6.42 Å². The third-order valence-electron chi connectivity index (χ3n) is 1.29. The molecule has 0 spiro atoms. The fourth-order valence-electron chi connectivity index (χ4n) is 0.662. The first kappa shape index (κ1) is 10.8. The Morgan fingerprint density at radius 3 is 2.36 bits per heavy atom. The van der Waals surface area contributed by atoms with Gasteiger partial charge in [0.2, 0.25) is 5.79 Å². The van der Waals surface area contributed by atoms with Gasteiger partial charge in [-0.2, -0.15) is 0 Å². The maximum absolute atomic E-state index is 8.98. The lowest BCUT2D eigenvalue weighted by Crippen LogP contribution is -2.46. The summed E-state index contributed by atoms with van der Waals surface area (Å²) in [5.41, 5.74) is 0. The standard InChI is InChI=1S/C6H14O5/c1-11-4-6(9,10)5(8)2-3-7/h5,7-10H,2-4H2,1H3/t5-/m1/s1. The van der Waals surface area contributed by atoms with Gasteiger partial charge in [-0.05, 0) is 0 Å². The van der Waals surface area contributed by atoms with Gasteiger partial charge in [-0.1, -0.05) is 0 Å². The molecule has 0 aliphatic carbocycles. The minimum Gasteiger partial charge on any atom is -0.396 e. The predicted octanol–water partition coefficient (Wildman–Crippen LogP) is -1.94. The fourth-order valence-corrected chi connectivity index (χ4v) is 0.662. The van der Waals surface area contributed by atoms with Gasteiger partial charge in [-0.25, -0.2) is 0 Å². The van der Waals surface area contributed by atoms with E-state index in [2.05, 4.69) is 4.74 Å². The molecule has 5 nitrogen and oxygen atoms in total. The molecule has 4 N–H and O–H groups in total. The van der Waals surface area contributed by atoms with Crippen molar-refractivity contribution in [2.24, 2.45) is 0 Å². The molecule has 0 aromatic rings. The van der Waals surface area contributed by atoms with Crippen molar-refractivity contribution < 1.29 is 25.2 Å². The first-order valence-electron chi connectivity index (χ1n) is 3.27. The van der Waals surface area contributed by atoms with Crippen LogP contribution in [0.3, 0.4) is 0 Å². The van der Waals surface area contributed by atoms with E-state index in [9.17, 15) is 0 Å². The smallest absolute Gasteiger partial charge is 0.213 e. The van der Waals surface area contributed by atoms with Crippen molar-refractivity contribution >= 4 is 0 Å². The van der Waals surface area contributed by atoms with Gasteiger partial charge in [-0.15, -0.1) is 0 Å². The van der Waals surface area contributed by atoms with Crippen molar-refractivity contribution in [3.05, 3.63) is 0 Å². The number of rotatable bonds is 5. The molecular formula is C6H14O5. The molecule has 0 rings (SSSR count). The van der Waals surface area contributed by atoms with Crippen LogP contribution >= 0.6 is 0 Å². The molecule has 0 unspecified atom stereocenters. The Kier molecular flexibility index (Phi) is 4.55. The summed E-state index contributed by atoms with van der Waals surface area (Å²) in [7, 11) is 1.28. The summed E-state index contributed by atoms with van der Waals surface area (Å²) in [5.74, 6) is -2.27. The molecule has 0 saturated heterocycles. The van der Waals surface area contributed by atoms with Gasteiger partial charge in [0.05, 0.1) is 0 Å². The Morgan fingerprint density at radius 2 is 2.00 bits per heavy atom. The van der Waals surface area contributed by atoms with Gasteiger partial charge in [0.1, 0.15) is 12.7 Å². The Labute approximate surface area is 64.9 Å². The van der Waals surface area contributed by atoms with Crippen molar-refractivity contribution in [1.82, 2.24) is 0 Å². The summed E-state index contributed by atoms with van der Waals surface area (Å²) in [6.45, 7) is -0.679. The van der Waals surface area contributed by atoms with E-state index in [1.54, 1.807) is 0 Å². The summed E-state index contributed by atoms with van der Waals surface area (Å²) < 4.78 is 4.43. The van der Waals surface area contributed by atoms with E-state index < -0.39 is 11.9 Å². The quantitative estimate of drug-likeness (QED) is 0.357. The highest BCUT2D eigenvalue weighted by Gasteiger charge is 2.32. The van der Waals surface area contributed by atoms with Crippen molar-refractivity contribution in [3.63, 3.8) is 0 Å². The van der Waals surface area contributed by atoms with Gasteiger partial charge < -0.3 is 25.2 Å². The van der Waals surface area contributed by atoms with Crippen LogP contribution in [0.4, 0.5) is 0 Å². The van der Waals surface area contributed by atoms with Crippen LogP contribution in [0, 0.1) is 0 Å². The fraction of sp³-hybridized carbons (Fsp3) is 1.00. The summed E-state index contributed by atoms with van der Waals surface area (Å²) in [5, 5.41) is 35.3. The van der Waals surface area contributed by atoms with E-state index in [-0.39, 0.29) is 19.6 Å². The molecule has 0 bridgehead atoms. The Balaban J connectivity index is 3.83. The summed E-state index contributed by atoms with van der Waals surface area (Å²) >= 11 is 0. The molecule has 0 amide bonds. The van der Waals surface area contributed by atoms with Gasteiger partial charge in [0.25, 0.3) is 0 Å². The molecule has 1 atom stereocenters. The maximum Gasteiger partial charge on any atom is 0.213 e. The van der Waals surface area contributed by atoms with Crippen molar-refractivity contribution in [2.45, 2.75) is 18.3 Å². The number of hydrogen-bond acceptors (Lipinski definition) is 5. The monoisotopic (exact) mass is 166 g/mol. The molecule has 0 fully saturated rings. The topological polar surface area (TPSA) is 90.2 Å². The second-order valence-corrected chi connectivity index (χ2v) is 2.34. The van der Waals surface area contributed by atoms with Crippen LogP contribution in [0.15, 0.2) is 0 Å². The first-order chi connectivity index (χ1) is 5.04. The molecule has 0 aromatic heterocycles. The summed E-state index contributed by atoms with van der Waals surface area (Å²) in [6, 6.07) is 0. The number of ether oxygens (including phenoxy) is 1. The molecule has 0 heterocycles. The SMILES string of the molecule is COCC(O)(O)[C@H](O)CCO. The van der Waals surface area contributed by atoms with Crippen LogP contribution < -0.4 is 0 Å². The second-order valence-electron chi connectivity index (χ2n) is 2.34. The summed E-state index contributed by atoms with van der Waals surface area (Å²) in [4.78, 5) is 0. The van der Waals surface area contributed by atoms with E-state index in [1.807, 2.05) is 0 Å². The molecule has 0 saturated carbocycles. The van der Waals surface area contributed by atoms with Gasteiger partial charge >= 0.3 is 0 Å². The molecule has 0 aromatic carbocycles. The molecule has 0 radical (unpaired) electrons. The molecular weight excluding hydrogens is 152 g/mol. The zero-order chi connectivity index (χ0) is 8.91. The highest BCUT2D eigenvalue weighted by molar-refractivity contribution is 4.73. The Morgan fingerprint density at radius 1 is 1.45 bits per heavy atom. The van der Waals surface area contributed by atoms with E-state index in [0.29, 0.717) is 0 Å². The van der Waals surface area contributed by atoms with E-state index in [0.717, 1.165) is 0 Å². The summed E-state index contributed by atoms with van der Waals surface area (Å²) in [6.07, 6.45) is -1.47. The highest BCUT2D eigenvalue weighted by atomic mass is 16.6. The Bertz CT molecular complexity index is 103. The number of aliphatic hydroxyl groups is 4. The largest absolute Gasteiger partial charge is 0.396 e. The molecule has 0 aliphatic heterocycles. The van der Waals surface area contributed by atoms with Gasteiger partial charge in [0.15, 0.2) is 0 Å². The van der Waals surface area contributed by atoms with E-state index in [1.165, 1.54) is 7.11 Å². The second kappa shape index (κ2) is 4.63. The molecule has 5 heteroatoms. The average Bonchev–Trinajstić information content (AvgIpc) is 1.88. The number of hydrogen-bond donors (Lipinski definition) is 4. The van der Waals surface area contributed by atoms with Crippen molar-refractivity contribution in [1.29, 1.82) is 0 Å². The highest BCUT2D eigenvalue weighted by Crippen LogP contribution is 2.09.